The number of hydrogen-bond donors (Lipinski definition) is 0. The summed E-state index contributed by atoms with van der Waals surface area (Å²) in [5, 5.41) is 0. The van der Waals surface area contributed by atoms with E-state index >= 15 is 0 Å². The Kier molecular flexibility index (Phi) is 4.42. The van der Waals surface area contributed by atoms with Crippen LogP contribution in [0.1, 0.15) is 34.1 Å². The van der Waals surface area contributed by atoms with Crippen molar-refractivity contribution in [3.8, 4) is 0 Å². The van der Waals surface area contributed by atoms with Gasteiger partial charge in [-0.15, -0.1) is 0 Å². The van der Waals surface area contributed by atoms with Crippen LogP contribution in [-0.4, -0.2) is 12.0 Å². The van der Waals surface area contributed by atoms with Crippen LogP contribution in [0.4, 0.5) is 0 Å². The normalized spacial score (nSPS) is 15.3. The van der Waals surface area contributed by atoms with Gasteiger partial charge in [0.25, 0.3) is 0 Å². The zero-order valence-electron chi connectivity index (χ0n) is 7.90. The molecule has 0 saturated heterocycles. The Balaban J connectivity index is 3.47. The summed E-state index contributed by atoms with van der Waals surface area (Å²) in [6.45, 7) is 9.26. The molecule has 0 nitrogen and oxygen atoms in total. The molecule has 0 heterocycles. The van der Waals surface area contributed by atoms with Crippen molar-refractivity contribution in [3.05, 3.63) is 0 Å². The molecule has 0 rings (SSSR count). The maximum atomic E-state index is 2.34. The van der Waals surface area contributed by atoms with Gasteiger partial charge in [-0.2, -0.15) is 11.8 Å². The fourth-order valence-corrected chi connectivity index (χ4v) is 2.08. The Labute approximate surface area is 69.8 Å². The first kappa shape index (κ1) is 10.3. The Bertz CT molecular complexity index is 81.2. The van der Waals surface area contributed by atoms with Crippen molar-refractivity contribution in [3.63, 3.8) is 0 Å². The molecule has 0 saturated carbocycles. The molecule has 1 atom stereocenters. The molecule has 0 aliphatic carbocycles. The smallest absolute Gasteiger partial charge is 0.00443 e. The first-order chi connectivity index (χ1) is 4.45. The number of thioether (sulfide) groups is 1. The standard InChI is InChI=1S/C9H20S/c1-8(7-10-5)6-9(2,3)4/h8H,6-7H2,1-5H3/t8-/m1/s1. The summed E-state index contributed by atoms with van der Waals surface area (Å²) < 4.78 is 0. The van der Waals surface area contributed by atoms with Crippen molar-refractivity contribution >= 4 is 11.8 Å². The molecule has 62 valence electrons. The summed E-state index contributed by atoms with van der Waals surface area (Å²) in [7, 11) is 0. The van der Waals surface area contributed by atoms with E-state index in [0.29, 0.717) is 5.41 Å². The molecule has 0 aromatic rings. The lowest BCUT2D eigenvalue weighted by molar-refractivity contribution is 0.323. The van der Waals surface area contributed by atoms with Gasteiger partial charge in [0, 0.05) is 0 Å². The molecule has 0 spiro atoms. The lowest BCUT2D eigenvalue weighted by atomic mass is 9.86. The molecule has 0 aliphatic rings. The first-order valence-corrected chi connectivity index (χ1v) is 5.34. The highest BCUT2D eigenvalue weighted by atomic mass is 32.2. The lowest BCUT2D eigenvalue weighted by Gasteiger charge is -2.22. The molecular weight excluding hydrogens is 140 g/mol. The minimum atomic E-state index is 0.509. The zero-order valence-corrected chi connectivity index (χ0v) is 8.72. The highest BCUT2D eigenvalue weighted by Crippen LogP contribution is 2.25. The molecule has 0 aromatic heterocycles. The van der Waals surface area contributed by atoms with Gasteiger partial charge in [-0.05, 0) is 29.8 Å². The summed E-state index contributed by atoms with van der Waals surface area (Å²) in [6.07, 6.45) is 3.52. The van der Waals surface area contributed by atoms with E-state index in [1.165, 1.54) is 12.2 Å². The van der Waals surface area contributed by atoms with Crippen LogP contribution in [-0.2, 0) is 0 Å². The fourth-order valence-electron chi connectivity index (χ4n) is 1.39. The second-order valence-corrected chi connectivity index (χ2v) is 5.24. The van der Waals surface area contributed by atoms with E-state index < -0.39 is 0 Å². The SMILES string of the molecule is CSC[C@H](C)CC(C)(C)C. The summed E-state index contributed by atoms with van der Waals surface area (Å²) in [4.78, 5) is 0. The van der Waals surface area contributed by atoms with Gasteiger partial charge in [0.1, 0.15) is 0 Å². The molecule has 0 bridgehead atoms. The van der Waals surface area contributed by atoms with Gasteiger partial charge in [-0.25, -0.2) is 0 Å². The van der Waals surface area contributed by atoms with Crippen LogP contribution in [0, 0.1) is 11.3 Å². The van der Waals surface area contributed by atoms with Crippen LogP contribution in [0.25, 0.3) is 0 Å². The number of hydrogen-bond acceptors (Lipinski definition) is 1. The molecule has 0 aromatic carbocycles. The van der Waals surface area contributed by atoms with Gasteiger partial charge in [-0.1, -0.05) is 27.7 Å². The summed E-state index contributed by atoms with van der Waals surface area (Å²) >= 11 is 1.95. The van der Waals surface area contributed by atoms with Gasteiger partial charge in [0.15, 0.2) is 0 Å². The van der Waals surface area contributed by atoms with Gasteiger partial charge < -0.3 is 0 Å². The van der Waals surface area contributed by atoms with Crippen molar-refractivity contribution in [2.45, 2.75) is 34.1 Å². The Morgan fingerprint density at radius 2 is 1.80 bits per heavy atom. The average Bonchev–Trinajstić information content (AvgIpc) is 1.59. The maximum Gasteiger partial charge on any atom is -0.00443 e. The van der Waals surface area contributed by atoms with Gasteiger partial charge in [0.05, 0.1) is 0 Å². The zero-order chi connectivity index (χ0) is 8.20. The van der Waals surface area contributed by atoms with Gasteiger partial charge in [0.2, 0.25) is 0 Å². The van der Waals surface area contributed by atoms with E-state index in [2.05, 4.69) is 34.0 Å². The second-order valence-electron chi connectivity index (χ2n) is 4.33. The highest BCUT2D eigenvalue weighted by molar-refractivity contribution is 7.98. The van der Waals surface area contributed by atoms with Crippen molar-refractivity contribution in [1.82, 2.24) is 0 Å². The maximum absolute atomic E-state index is 2.34. The van der Waals surface area contributed by atoms with Crippen LogP contribution >= 0.6 is 11.8 Å². The third kappa shape index (κ3) is 6.47. The first-order valence-electron chi connectivity index (χ1n) is 3.94. The summed E-state index contributed by atoms with van der Waals surface area (Å²) in [5.74, 6) is 2.17. The quantitative estimate of drug-likeness (QED) is 0.609. The molecular formula is C9H20S. The Morgan fingerprint density at radius 1 is 1.30 bits per heavy atom. The van der Waals surface area contributed by atoms with E-state index in [4.69, 9.17) is 0 Å². The van der Waals surface area contributed by atoms with Crippen molar-refractivity contribution in [2.75, 3.05) is 12.0 Å². The molecule has 0 aliphatic heterocycles. The van der Waals surface area contributed by atoms with E-state index in [9.17, 15) is 0 Å². The fraction of sp³-hybridized carbons (Fsp3) is 1.00. The van der Waals surface area contributed by atoms with Crippen molar-refractivity contribution in [2.24, 2.45) is 11.3 Å². The average molecular weight is 160 g/mol. The van der Waals surface area contributed by atoms with Crippen LogP contribution in [0.3, 0.4) is 0 Å². The van der Waals surface area contributed by atoms with Crippen LogP contribution in [0.15, 0.2) is 0 Å². The topological polar surface area (TPSA) is 0 Å². The number of rotatable bonds is 3. The van der Waals surface area contributed by atoms with Crippen LogP contribution in [0.5, 0.6) is 0 Å². The van der Waals surface area contributed by atoms with E-state index in [0.717, 1.165) is 5.92 Å². The Hall–Kier alpha value is 0.350. The van der Waals surface area contributed by atoms with E-state index in [-0.39, 0.29) is 0 Å². The lowest BCUT2D eigenvalue weighted by Crippen LogP contribution is -2.12. The largest absolute Gasteiger partial charge is 0.165 e. The molecule has 10 heavy (non-hydrogen) atoms. The molecule has 0 amide bonds. The predicted octanol–water partition coefficient (Wildman–Crippen LogP) is 3.42. The minimum absolute atomic E-state index is 0.509. The van der Waals surface area contributed by atoms with Crippen LogP contribution in [0.2, 0.25) is 0 Å². The molecule has 0 fully saturated rings. The minimum Gasteiger partial charge on any atom is -0.165 e. The van der Waals surface area contributed by atoms with Gasteiger partial charge >= 0.3 is 0 Å². The van der Waals surface area contributed by atoms with Crippen molar-refractivity contribution in [1.29, 1.82) is 0 Å². The molecule has 0 unspecified atom stereocenters. The summed E-state index contributed by atoms with van der Waals surface area (Å²) in [6, 6.07) is 0. The molecule has 1 heteroatoms. The third-order valence-electron chi connectivity index (χ3n) is 1.41. The predicted molar refractivity (Wildman–Crippen MR) is 51.6 cm³/mol. The monoisotopic (exact) mass is 160 g/mol. The Morgan fingerprint density at radius 3 is 2.10 bits per heavy atom. The van der Waals surface area contributed by atoms with Gasteiger partial charge in [-0.3, -0.25) is 0 Å². The third-order valence-corrected chi connectivity index (χ3v) is 2.31. The van der Waals surface area contributed by atoms with E-state index in [1.807, 2.05) is 11.8 Å². The highest BCUT2D eigenvalue weighted by Gasteiger charge is 2.14. The van der Waals surface area contributed by atoms with Crippen LogP contribution < -0.4 is 0 Å². The van der Waals surface area contributed by atoms with E-state index in [1.54, 1.807) is 0 Å². The summed E-state index contributed by atoms with van der Waals surface area (Å²) in [5.41, 5.74) is 0.509. The second kappa shape index (κ2) is 4.27. The van der Waals surface area contributed by atoms with Crippen molar-refractivity contribution < 1.29 is 0 Å². The molecule has 0 radical (unpaired) electrons. The molecule has 0 N–H and O–H groups in total.